The van der Waals surface area contributed by atoms with E-state index in [1.165, 1.54) is 6.07 Å². The molecule has 2 saturated carbocycles. The fourth-order valence-corrected chi connectivity index (χ4v) is 3.59. The molecule has 2 fully saturated rings. The average Bonchev–Trinajstić information content (AvgIpc) is 2.88. The molecular formula is C14H15F2NO. The molecule has 0 heterocycles. The molecule has 2 nitrogen and oxygen atoms in total. The van der Waals surface area contributed by atoms with E-state index in [9.17, 15) is 13.6 Å². The maximum atomic E-state index is 13.6. The van der Waals surface area contributed by atoms with Crippen LogP contribution in [0.2, 0.25) is 0 Å². The number of rotatable bonds is 2. The molecule has 0 saturated heterocycles. The number of hydrogen-bond donors (Lipinski definition) is 1. The normalized spacial score (nSPS) is 33.9. The monoisotopic (exact) mass is 251 g/mol. The number of ketones is 1. The van der Waals surface area contributed by atoms with E-state index in [-0.39, 0.29) is 29.2 Å². The topological polar surface area (TPSA) is 43.1 Å². The minimum absolute atomic E-state index is 0.0237. The van der Waals surface area contributed by atoms with Crippen molar-refractivity contribution in [1.29, 1.82) is 0 Å². The van der Waals surface area contributed by atoms with Crippen LogP contribution >= 0.6 is 0 Å². The summed E-state index contributed by atoms with van der Waals surface area (Å²) in [5.41, 5.74) is 6.04. The third-order valence-corrected chi connectivity index (χ3v) is 4.48. The Kier molecular flexibility index (Phi) is 2.70. The molecule has 1 aromatic carbocycles. The summed E-state index contributed by atoms with van der Waals surface area (Å²) in [6, 6.07) is 2.94. The van der Waals surface area contributed by atoms with Crippen molar-refractivity contribution < 1.29 is 13.6 Å². The predicted octanol–water partition coefficient (Wildman–Crippen LogP) is 2.52. The third-order valence-electron chi connectivity index (χ3n) is 4.48. The highest BCUT2D eigenvalue weighted by Crippen LogP contribution is 2.48. The highest BCUT2D eigenvalue weighted by Gasteiger charge is 2.49. The lowest BCUT2D eigenvalue weighted by atomic mass is 9.80. The van der Waals surface area contributed by atoms with Crippen LogP contribution < -0.4 is 5.73 Å². The second-order valence-corrected chi connectivity index (χ2v) is 5.42. The van der Waals surface area contributed by atoms with E-state index >= 15 is 0 Å². The summed E-state index contributed by atoms with van der Waals surface area (Å²) in [6.45, 7) is 0. The predicted molar refractivity (Wildman–Crippen MR) is 63.0 cm³/mol. The van der Waals surface area contributed by atoms with E-state index in [4.69, 9.17) is 5.73 Å². The fraction of sp³-hybridized carbons (Fsp3) is 0.500. The van der Waals surface area contributed by atoms with Crippen LogP contribution in [0.25, 0.3) is 0 Å². The molecule has 4 unspecified atom stereocenters. The number of fused-ring (bicyclic) bond motifs is 2. The Morgan fingerprint density at radius 1 is 1.22 bits per heavy atom. The van der Waals surface area contributed by atoms with Gasteiger partial charge in [-0.1, -0.05) is 0 Å². The van der Waals surface area contributed by atoms with Crippen molar-refractivity contribution in [2.24, 2.45) is 23.5 Å². The molecule has 0 aromatic heterocycles. The molecule has 4 heteroatoms. The zero-order valence-electron chi connectivity index (χ0n) is 9.90. The van der Waals surface area contributed by atoms with Crippen LogP contribution in [0.1, 0.15) is 29.6 Å². The van der Waals surface area contributed by atoms with Crippen LogP contribution in [0.5, 0.6) is 0 Å². The molecule has 0 spiro atoms. The highest BCUT2D eigenvalue weighted by molar-refractivity contribution is 5.99. The summed E-state index contributed by atoms with van der Waals surface area (Å²) in [4.78, 5) is 12.3. The Morgan fingerprint density at radius 3 is 2.56 bits per heavy atom. The summed E-state index contributed by atoms with van der Waals surface area (Å²) < 4.78 is 26.5. The van der Waals surface area contributed by atoms with Gasteiger partial charge in [-0.2, -0.15) is 0 Å². The maximum Gasteiger partial charge on any atom is 0.170 e. The van der Waals surface area contributed by atoms with Crippen LogP contribution in [-0.4, -0.2) is 11.8 Å². The van der Waals surface area contributed by atoms with E-state index in [1.54, 1.807) is 0 Å². The first-order chi connectivity index (χ1) is 8.58. The Labute approximate surface area is 104 Å². The number of carbonyl (C=O) groups is 1. The lowest BCUT2D eigenvalue weighted by molar-refractivity contribution is 0.0852. The van der Waals surface area contributed by atoms with Crippen molar-refractivity contribution in [2.45, 2.75) is 25.3 Å². The zero-order chi connectivity index (χ0) is 12.9. The summed E-state index contributed by atoms with van der Waals surface area (Å²) in [7, 11) is 0. The highest BCUT2D eigenvalue weighted by atomic mass is 19.1. The molecule has 0 amide bonds. The molecule has 3 rings (SSSR count). The largest absolute Gasteiger partial charge is 0.327 e. The van der Waals surface area contributed by atoms with E-state index in [1.807, 2.05) is 0 Å². The van der Waals surface area contributed by atoms with Crippen molar-refractivity contribution in [1.82, 2.24) is 0 Å². The second-order valence-electron chi connectivity index (χ2n) is 5.42. The second kappa shape index (κ2) is 4.12. The molecule has 2 aliphatic rings. The van der Waals surface area contributed by atoms with Gasteiger partial charge in [0, 0.05) is 18.0 Å². The molecule has 2 aliphatic carbocycles. The minimum atomic E-state index is -0.782. The lowest BCUT2D eigenvalue weighted by Crippen LogP contribution is -2.40. The van der Waals surface area contributed by atoms with Crippen molar-refractivity contribution in [2.75, 3.05) is 0 Å². The van der Waals surface area contributed by atoms with Crippen molar-refractivity contribution in [3.05, 3.63) is 35.4 Å². The van der Waals surface area contributed by atoms with Gasteiger partial charge in [-0.05, 0) is 43.2 Å². The van der Waals surface area contributed by atoms with E-state index in [0.717, 1.165) is 31.4 Å². The smallest absolute Gasteiger partial charge is 0.170 e. The average molecular weight is 251 g/mol. The van der Waals surface area contributed by atoms with E-state index in [0.29, 0.717) is 5.92 Å². The molecule has 0 radical (unpaired) electrons. The molecular weight excluding hydrogens is 236 g/mol. The van der Waals surface area contributed by atoms with E-state index in [2.05, 4.69) is 0 Å². The fourth-order valence-electron chi connectivity index (χ4n) is 3.59. The number of carbonyl (C=O) groups excluding carboxylic acids is 1. The summed E-state index contributed by atoms with van der Waals surface area (Å²) in [5.74, 6) is -1.32. The van der Waals surface area contributed by atoms with Crippen LogP contribution in [0, 0.1) is 29.4 Å². The van der Waals surface area contributed by atoms with Crippen molar-refractivity contribution in [3.8, 4) is 0 Å². The Bertz CT molecular complexity index is 501. The van der Waals surface area contributed by atoms with Gasteiger partial charge < -0.3 is 5.73 Å². The van der Waals surface area contributed by atoms with Gasteiger partial charge in [0.05, 0.1) is 5.56 Å². The first-order valence-electron chi connectivity index (χ1n) is 6.33. The standard InChI is InChI=1S/C14H15F2NO/c15-9-3-4-10(11(16)6-9)14(18)12-7-1-2-8(5-7)13(12)17/h3-4,6-8,12-13H,1-2,5,17H2. The number of hydrogen-bond acceptors (Lipinski definition) is 2. The van der Waals surface area contributed by atoms with Gasteiger partial charge in [0.25, 0.3) is 0 Å². The molecule has 18 heavy (non-hydrogen) atoms. The number of nitrogens with two attached hydrogens (primary N) is 1. The Balaban J connectivity index is 1.91. The van der Waals surface area contributed by atoms with Gasteiger partial charge in [-0.3, -0.25) is 4.79 Å². The van der Waals surface area contributed by atoms with Crippen molar-refractivity contribution >= 4 is 5.78 Å². The first kappa shape index (κ1) is 11.8. The number of halogens is 2. The van der Waals surface area contributed by atoms with Crippen LogP contribution in [0.15, 0.2) is 18.2 Å². The SMILES string of the molecule is NC1C2CCC(C2)C1C(=O)c1ccc(F)cc1F. The van der Waals surface area contributed by atoms with Gasteiger partial charge in [0.15, 0.2) is 5.78 Å². The third kappa shape index (κ3) is 1.67. The van der Waals surface area contributed by atoms with Gasteiger partial charge in [-0.15, -0.1) is 0 Å². The summed E-state index contributed by atoms with van der Waals surface area (Å²) >= 11 is 0. The first-order valence-corrected chi connectivity index (χ1v) is 6.33. The maximum absolute atomic E-state index is 13.6. The van der Waals surface area contributed by atoms with Gasteiger partial charge in [0.1, 0.15) is 11.6 Å². The van der Waals surface area contributed by atoms with Crippen LogP contribution in [-0.2, 0) is 0 Å². The van der Waals surface area contributed by atoms with Crippen molar-refractivity contribution in [3.63, 3.8) is 0 Å². The quantitative estimate of drug-likeness (QED) is 0.821. The minimum Gasteiger partial charge on any atom is -0.327 e. The number of benzene rings is 1. The Hall–Kier alpha value is -1.29. The van der Waals surface area contributed by atoms with E-state index < -0.39 is 11.6 Å². The summed E-state index contributed by atoms with van der Waals surface area (Å²) in [5, 5.41) is 0. The summed E-state index contributed by atoms with van der Waals surface area (Å²) in [6.07, 6.45) is 3.04. The van der Waals surface area contributed by atoms with Crippen LogP contribution in [0.4, 0.5) is 8.78 Å². The molecule has 1 aromatic rings. The molecule has 4 atom stereocenters. The molecule has 2 N–H and O–H groups in total. The van der Waals surface area contributed by atoms with Gasteiger partial charge in [-0.25, -0.2) is 8.78 Å². The Morgan fingerprint density at radius 2 is 1.94 bits per heavy atom. The molecule has 0 aliphatic heterocycles. The molecule has 96 valence electrons. The van der Waals surface area contributed by atoms with Gasteiger partial charge >= 0.3 is 0 Å². The molecule has 2 bridgehead atoms. The zero-order valence-corrected chi connectivity index (χ0v) is 9.90. The number of Topliss-reactive ketones (excluding diaryl/α,β-unsaturated/α-hetero) is 1. The van der Waals surface area contributed by atoms with Gasteiger partial charge in [0.2, 0.25) is 0 Å². The lowest BCUT2D eigenvalue weighted by Gasteiger charge is -2.26. The van der Waals surface area contributed by atoms with Crippen LogP contribution in [0.3, 0.4) is 0 Å².